The smallest absolute Gasteiger partial charge is 0.254 e. The Bertz CT molecular complexity index is 839. The van der Waals surface area contributed by atoms with Gasteiger partial charge in [-0.3, -0.25) is 9.79 Å². The minimum absolute atomic E-state index is 0.119. The van der Waals surface area contributed by atoms with Gasteiger partial charge in [-0.1, -0.05) is 13.0 Å². The summed E-state index contributed by atoms with van der Waals surface area (Å²) in [5, 5.41) is 0. The summed E-state index contributed by atoms with van der Waals surface area (Å²) in [5.41, 5.74) is 0.954. The lowest BCUT2D eigenvalue weighted by Gasteiger charge is -2.37. The van der Waals surface area contributed by atoms with Crippen LogP contribution in [0.5, 0.6) is 0 Å². The van der Waals surface area contributed by atoms with Crippen molar-refractivity contribution in [3.05, 3.63) is 47.0 Å². The maximum Gasteiger partial charge on any atom is 0.254 e. The number of hydrogen-bond acceptors (Lipinski definition) is 5. The molecule has 6 nitrogen and oxygen atoms in total. The zero-order valence-electron chi connectivity index (χ0n) is 15.7. The van der Waals surface area contributed by atoms with Crippen molar-refractivity contribution in [3.8, 4) is 0 Å². The third kappa shape index (κ3) is 3.46. The first kappa shape index (κ1) is 17.7. The van der Waals surface area contributed by atoms with Gasteiger partial charge >= 0.3 is 0 Å². The lowest BCUT2D eigenvalue weighted by atomic mass is 10.1. The van der Waals surface area contributed by atoms with Crippen molar-refractivity contribution in [1.29, 1.82) is 0 Å². The summed E-state index contributed by atoms with van der Waals surface area (Å²) >= 11 is 0. The fourth-order valence-corrected chi connectivity index (χ4v) is 3.57. The van der Waals surface area contributed by atoms with Gasteiger partial charge in [0.25, 0.3) is 5.91 Å². The van der Waals surface area contributed by atoms with Gasteiger partial charge in [-0.25, -0.2) is 9.38 Å². The number of hydrogen-bond donors (Lipinski definition) is 0. The molecule has 0 saturated carbocycles. The van der Waals surface area contributed by atoms with E-state index in [4.69, 9.17) is 4.99 Å². The number of aliphatic imine (C=N–C) groups is 2. The molecule has 0 radical (unpaired) electrons. The van der Waals surface area contributed by atoms with Crippen LogP contribution in [0.25, 0.3) is 0 Å². The number of aryl methyl sites for hydroxylation is 1. The molecule has 1 aromatic rings. The van der Waals surface area contributed by atoms with Crippen molar-refractivity contribution in [2.45, 2.75) is 26.3 Å². The van der Waals surface area contributed by atoms with Crippen LogP contribution in [0.1, 0.15) is 29.3 Å². The van der Waals surface area contributed by atoms with Crippen molar-refractivity contribution in [2.24, 2.45) is 9.98 Å². The largest absolute Gasteiger partial charge is 0.353 e. The van der Waals surface area contributed by atoms with Gasteiger partial charge in [0.1, 0.15) is 17.5 Å². The van der Waals surface area contributed by atoms with Gasteiger partial charge in [0.05, 0.1) is 12.4 Å². The average molecular weight is 369 g/mol. The number of amidine groups is 1. The Morgan fingerprint density at radius 3 is 2.74 bits per heavy atom. The molecule has 4 rings (SSSR count). The van der Waals surface area contributed by atoms with Gasteiger partial charge in [-0.15, -0.1) is 0 Å². The maximum atomic E-state index is 13.8. The van der Waals surface area contributed by atoms with Crippen LogP contribution < -0.4 is 0 Å². The summed E-state index contributed by atoms with van der Waals surface area (Å²) < 4.78 is 13.8. The van der Waals surface area contributed by atoms with E-state index in [0.717, 1.165) is 24.6 Å². The Hall–Kier alpha value is -2.70. The van der Waals surface area contributed by atoms with Gasteiger partial charge in [0, 0.05) is 44.4 Å². The monoisotopic (exact) mass is 369 g/mol. The molecule has 1 aromatic carbocycles. The number of carbonyl (C=O) groups is 1. The number of amides is 1. The summed E-state index contributed by atoms with van der Waals surface area (Å²) in [6, 6.07) is 5.01. The standard InChI is InChI=1S/C20H24FN5O/c1-3-16-12-26-13-22-18(11-19(26)23-16)24-6-8-25(9-7-24)20(27)15-5-4-14(2)17(21)10-15/h4-5,10-11,13,16H,3,6-9,12H2,1-2H3. The molecular weight excluding hydrogens is 345 g/mol. The normalized spacial score (nSPS) is 21.9. The van der Waals surface area contributed by atoms with E-state index in [9.17, 15) is 9.18 Å². The number of halogens is 1. The van der Waals surface area contributed by atoms with Gasteiger partial charge in [-0.05, 0) is 31.0 Å². The lowest BCUT2D eigenvalue weighted by molar-refractivity contribution is 0.0668. The van der Waals surface area contributed by atoms with E-state index in [1.54, 1.807) is 24.0 Å². The van der Waals surface area contributed by atoms with Crippen LogP contribution in [0.3, 0.4) is 0 Å². The molecule has 1 fully saturated rings. The highest BCUT2D eigenvalue weighted by atomic mass is 19.1. The molecule has 1 saturated heterocycles. The van der Waals surface area contributed by atoms with E-state index in [1.165, 1.54) is 6.07 Å². The fraction of sp³-hybridized carbons (Fsp3) is 0.450. The zero-order chi connectivity index (χ0) is 19.0. The predicted molar refractivity (Wildman–Crippen MR) is 103 cm³/mol. The van der Waals surface area contributed by atoms with Crippen molar-refractivity contribution in [2.75, 3.05) is 32.7 Å². The minimum atomic E-state index is -0.339. The van der Waals surface area contributed by atoms with Crippen molar-refractivity contribution in [1.82, 2.24) is 14.7 Å². The van der Waals surface area contributed by atoms with Crippen molar-refractivity contribution >= 4 is 18.1 Å². The van der Waals surface area contributed by atoms with E-state index in [2.05, 4.69) is 21.7 Å². The number of rotatable bonds is 3. The molecule has 0 bridgehead atoms. The summed E-state index contributed by atoms with van der Waals surface area (Å²) in [5.74, 6) is 1.41. The molecule has 0 aromatic heterocycles. The molecule has 142 valence electrons. The Labute approximate surface area is 158 Å². The first-order valence-corrected chi connectivity index (χ1v) is 9.46. The fourth-order valence-electron chi connectivity index (χ4n) is 3.57. The van der Waals surface area contributed by atoms with Crippen LogP contribution in [-0.2, 0) is 0 Å². The topological polar surface area (TPSA) is 51.5 Å². The Morgan fingerprint density at radius 1 is 1.26 bits per heavy atom. The van der Waals surface area contributed by atoms with Gasteiger partial charge < -0.3 is 14.7 Å². The Morgan fingerprint density at radius 2 is 2.04 bits per heavy atom. The third-order valence-electron chi connectivity index (χ3n) is 5.39. The number of carbonyl (C=O) groups excluding carboxylic acids is 1. The summed E-state index contributed by atoms with van der Waals surface area (Å²) in [6.07, 6.45) is 4.91. The molecule has 0 aliphatic carbocycles. The average Bonchev–Trinajstić information content (AvgIpc) is 3.12. The zero-order valence-corrected chi connectivity index (χ0v) is 15.7. The number of fused-ring (bicyclic) bond motifs is 1. The number of piperazine rings is 1. The minimum Gasteiger partial charge on any atom is -0.353 e. The highest BCUT2D eigenvalue weighted by molar-refractivity contribution is 6.03. The second-order valence-corrected chi connectivity index (χ2v) is 7.19. The molecule has 1 amide bonds. The molecule has 3 aliphatic heterocycles. The summed E-state index contributed by atoms with van der Waals surface area (Å²) in [6.45, 7) is 7.32. The highest BCUT2D eigenvalue weighted by Crippen LogP contribution is 2.20. The van der Waals surface area contributed by atoms with Crippen molar-refractivity contribution < 1.29 is 9.18 Å². The van der Waals surface area contributed by atoms with E-state index < -0.39 is 0 Å². The summed E-state index contributed by atoms with van der Waals surface area (Å²) in [4.78, 5) is 28.0. The molecule has 1 atom stereocenters. The van der Waals surface area contributed by atoms with E-state index >= 15 is 0 Å². The van der Waals surface area contributed by atoms with Crippen LogP contribution in [0.2, 0.25) is 0 Å². The molecule has 27 heavy (non-hydrogen) atoms. The van der Waals surface area contributed by atoms with Crippen LogP contribution in [0.4, 0.5) is 4.39 Å². The van der Waals surface area contributed by atoms with Gasteiger partial charge in [0.15, 0.2) is 0 Å². The first-order chi connectivity index (χ1) is 13.0. The maximum absolute atomic E-state index is 13.8. The second-order valence-electron chi connectivity index (χ2n) is 7.19. The summed E-state index contributed by atoms with van der Waals surface area (Å²) in [7, 11) is 0. The van der Waals surface area contributed by atoms with Crippen molar-refractivity contribution in [3.63, 3.8) is 0 Å². The molecular formula is C20H24FN5O. The predicted octanol–water partition coefficient (Wildman–Crippen LogP) is 2.27. The van der Waals surface area contributed by atoms with E-state index in [0.29, 0.717) is 43.3 Å². The molecule has 3 heterocycles. The quantitative estimate of drug-likeness (QED) is 0.821. The SMILES string of the molecule is CCC1CN2C=NC(N3CCN(C(=O)c4ccc(C)c(F)c4)CC3)=CC2=N1. The lowest BCUT2D eigenvalue weighted by Crippen LogP contribution is -2.48. The third-order valence-corrected chi connectivity index (χ3v) is 5.39. The van der Waals surface area contributed by atoms with E-state index in [1.807, 2.05) is 12.4 Å². The Balaban J connectivity index is 1.40. The molecule has 1 unspecified atom stereocenters. The van der Waals surface area contributed by atoms with Crippen LogP contribution in [0.15, 0.2) is 40.1 Å². The number of nitrogens with zero attached hydrogens (tertiary/aromatic N) is 5. The Kier molecular flexibility index (Phi) is 4.68. The van der Waals surface area contributed by atoms with Gasteiger partial charge in [0.2, 0.25) is 0 Å². The van der Waals surface area contributed by atoms with Crippen LogP contribution in [0, 0.1) is 12.7 Å². The van der Waals surface area contributed by atoms with Crippen LogP contribution in [-0.4, -0.2) is 71.5 Å². The highest BCUT2D eigenvalue weighted by Gasteiger charge is 2.28. The van der Waals surface area contributed by atoms with Gasteiger partial charge in [-0.2, -0.15) is 0 Å². The molecule has 0 N–H and O–H groups in total. The molecule has 3 aliphatic rings. The molecule has 0 spiro atoms. The second kappa shape index (κ2) is 7.13. The molecule has 7 heteroatoms. The first-order valence-electron chi connectivity index (χ1n) is 9.46. The van der Waals surface area contributed by atoms with Crippen LogP contribution >= 0.6 is 0 Å². The number of benzene rings is 1. The van der Waals surface area contributed by atoms with E-state index in [-0.39, 0.29) is 11.7 Å².